The van der Waals surface area contributed by atoms with Crippen LogP contribution in [-0.4, -0.2) is 42.1 Å². The first kappa shape index (κ1) is 22.5. The number of nitro benzene ring substituents is 1. The number of nitrogens with zero attached hydrogens (tertiary/aromatic N) is 1. The van der Waals surface area contributed by atoms with Gasteiger partial charge >= 0.3 is 11.9 Å². The average molecular weight is 420 g/mol. The van der Waals surface area contributed by atoms with Gasteiger partial charge in [-0.3, -0.25) is 10.1 Å². The fraction of sp³-hybridized carbons (Fsp3) is 0.400. The predicted octanol–water partition coefficient (Wildman–Crippen LogP) is 3.30. The monoisotopic (exact) mass is 420 g/mol. The first-order chi connectivity index (χ1) is 13.8. The Bertz CT molecular complexity index is 877. The van der Waals surface area contributed by atoms with Gasteiger partial charge in [-0.2, -0.15) is 11.8 Å². The van der Waals surface area contributed by atoms with Crippen molar-refractivity contribution in [3.63, 3.8) is 0 Å². The van der Waals surface area contributed by atoms with Gasteiger partial charge in [0.1, 0.15) is 0 Å². The van der Waals surface area contributed by atoms with Crippen LogP contribution in [0.15, 0.2) is 46.8 Å². The van der Waals surface area contributed by atoms with E-state index in [1.54, 1.807) is 26.8 Å². The Labute approximate surface area is 173 Å². The van der Waals surface area contributed by atoms with Gasteiger partial charge in [-0.05, 0) is 32.6 Å². The summed E-state index contributed by atoms with van der Waals surface area (Å²) in [5.74, 6) is -1.52. The second-order valence-corrected chi connectivity index (χ2v) is 7.08. The van der Waals surface area contributed by atoms with Crippen LogP contribution in [0.5, 0.6) is 0 Å². The molecule has 0 aromatic heterocycles. The minimum Gasteiger partial charge on any atom is -0.463 e. The van der Waals surface area contributed by atoms with E-state index in [0.29, 0.717) is 22.7 Å². The third kappa shape index (κ3) is 4.97. The molecule has 29 heavy (non-hydrogen) atoms. The summed E-state index contributed by atoms with van der Waals surface area (Å²) in [6, 6.07) is 5.93. The third-order valence-corrected chi connectivity index (χ3v) is 4.92. The second kappa shape index (κ2) is 10.1. The Morgan fingerprint density at radius 1 is 1.17 bits per heavy atom. The van der Waals surface area contributed by atoms with Gasteiger partial charge in [0.25, 0.3) is 5.69 Å². The van der Waals surface area contributed by atoms with Crippen LogP contribution in [0, 0.1) is 10.1 Å². The molecular formula is C20H24N2O6S. The van der Waals surface area contributed by atoms with E-state index in [-0.39, 0.29) is 30.0 Å². The SMILES string of the molecule is CCOC(=O)C1=C(C)NC(CSC)=C(C(=O)OCC)C1c1cccc([N+](=O)[O-])c1. The second-order valence-electron chi connectivity index (χ2n) is 6.21. The van der Waals surface area contributed by atoms with Gasteiger partial charge in [-0.1, -0.05) is 12.1 Å². The maximum atomic E-state index is 12.9. The molecule has 0 aliphatic carbocycles. The van der Waals surface area contributed by atoms with Gasteiger partial charge in [0.05, 0.1) is 35.2 Å². The molecule has 1 atom stereocenters. The summed E-state index contributed by atoms with van der Waals surface area (Å²) in [5.41, 5.74) is 1.96. The van der Waals surface area contributed by atoms with Crippen LogP contribution >= 0.6 is 11.8 Å². The summed E-state index contributed by atoms with van der Waals surface area (Å²) in [7, 11) is 0. The lowest BCUT2D eigenvalue weighted by Gasteiger charge is -2.31. The Hall–Kier alpha value is -2.81. The first-order valence-electron chi connectivity index (χ1n) is 9.13. The molecule has 0 radical (unpaired) electrons. The number of non-ortho nitro benzene ring substituents is 1. The number of carbonyl (C=O) groups is 2. The van der Waals surface area contributed by atoms with Gasteiger partial charge in [0, 0.05) is 29.3 Å². The zero-order valence-corrected chi connectivity index (χ0v) is 17.6. The van der Waals surface area contributed by atoms with Crippen molar-refractivity contribution in [1.29, 1.82) is 0 Å². The molecule has 0 saturated carbocycles. The van der Waals surface area contributed by atoms with Crippen LogP contribution in [0.25, 0.3) is 0 Å². The lowest BCUT2D eigenvalue weighted by Crippen LogP contribution is -2.34. The number of nitrogens with one attached hydrogen (secondary N) is 1. The standard InChI is InChI=1S/C20H24N2O6S/c1-5-27-19(23)16-12(3)21-15(11-29-4)18(20(24)28-6-2)17(16)13-8-7-9-14(10-13)22(25)26/h7-10,17,21H,5-6,11H2,1-4H3. The normalized spacial score (nSPS) is 16.3. The van der Waals surface area contributed by atoms with Crippen molar-refractivity contribution in [2.75, 3.05) is 25.2 Å². The molecule has 8 nitrogen and oxygen atoms in total. The van der Waals surface area contributed by atoms with Crippen molar-refractivity contribution in [2.45, 2.75) is 26.7 Å². The van der Waals surface area contributed by atoms with Crippen LogP contribution in [0.1, 0.15) is 32.3 Å². The van der Waals surface area contributed by atoms with Crippen molar-refractivity contribution < 1.29 is 24.0 Å². The maximum absolute atomic E-state index is 12.9. The number of hydrogen-bond acceptors (Lipinski definition) is 8. The van der Waals surface area contributed by atoms with E-state index in [9.17, 15) is 19.7 Å². The number of allylic oxidation sites excluding steroid dienone is 1. The molecule has 0 spiro atoms. The molecule has 0 saturated heterocycles. The van der Waals surface area contributed by atoms with Gasteiger partial charge < -0.3 is 14.8 Å². The van der Waals surface area contributed by atoms with Crippen molar-refractivity contribution in [3.05, 3.63) is 62.5 Å². The van der Waals surface area contributed by atoms with Crippen molar-refractivity contribution in [3.8, 4) is 0 Å². The fourth-order valence-corrected chi connectivity index (χ4v) is 3.75. The number of thioether (sulfide) groups is 1. The minimum atomic E-state index is -0.837. The Morgan fingerprint density at radius 3 is 2.34 bits per heavy atom. The number of benzene rings is 1. The highest BCUT2D eigenvalue weighted by molar-refractivity contribution is 7.98. The van der Waals surface area contributed by atoms with Crippen LogP contribution in [0.3, 0.4) is 0 Å². The van der Waals surface area contributed by atoms with Gasteiger partial charge in [0.2, 0.25) is 0 Å². The molecule has 2 rings (SSSR count). The number of dihydropyridines is 1. The van der Waals surface area contributed by atoms with E-state index >= 15 is 0 Å². The lowest BCUT2D eigenvalue weighted by atomic mass is 9.80. The molecule has 1 N–H and O–H groups in total. The molecule has 156 valence electrons. The van der Waals surface area contributed by atoms with E-state index in [1.807, 2.05) is 6.26 Å². The molecule has 1 unspecified atom stereocenters. The smallest absolute Gasteiger partial charge is 0.336 e. The molecule has 0 amide bonds. The molecule has 1 aliphatic heterocycles. The van der Waals surface area contributed by atoms with Crippen molar-refractivity contribution in [1.82, 2.24) is 5.32 Å². The Balaban J connectivity index is 2.74. The highest BCUT2D eigenvalue weighted by atomic mass is 32.2. The topological polar surface area (TPSA) is 108 Å². The molecule has 9 heteroatoms. The average Bonchev–Trinajstić information content (AvgIpc) is 2.68. The number of hydrogen-bond donors (Lipinski definition) is 1. The lowest BCUT2D eigenvalue weighted by molar-refractivity contribution is -0.384. The largest absolute Gasteiger partial charge is 0.463 e. The van der Waals surface area contributed by atoms with Crippen LogP contribution < -0.4 is 5.32 Å². The van der Waals surface area contributed by atoms with E-state index in [1.165, 1.54) is 30.0 Å². The molecular weight excluding hydrogens is 396 g/mol. The molecule has 0 fully saturated rings. The minimum absolute atomic E-state index is 0.128. The molecule has 1 aromatic carbocycles. The Kier molecular flexibility index (Phi) is 7.83. The summed E-state index contributed by atoms with van der Waals surface area (Å²) in [6.07, 6.45) is 1.89. The molecule has 1 heterocycles. The molecule has 1 aromatic rings. The van der Waals surface area contributed by atoms with Gasteiger partial charge in [-0.15, -0.1) is 0 Å². The van der Waals surface area contributed by atoms with E-state index in [0.717, 1.165) is 0 Å². The quantitative estimate of drug-likeness (QED) is 0.388. The van der Waals surface area contributed by atoms with Crippen molar-refractivity contribution >= 4 is 29.4 Å². The number of rotatable bonds is 8. The summed E-state index contributed by atoms with van der Waals surface area (Å²) < 4.78 is 10.5. The van der Waals surface area contributed by atoms with E-state index in [2.05, 4.69) is 5.32 Å². The first-order valence-corrected chi connectivity index (χ1v) is 10.5. The maximum Gasteiger partial charge on any atom is 0.336 e. The Morgan fingerprint density at radius 2 is 1.79 bits per heavy atom. The van der Waals surface area contributed by atoms with Crippen molar-refractivity contribution in [2.24, 2.45) is 0 Å². The summed E-state index contributed by atoms with van der Waals surface area (Å²) in [5, 5.41) is 14.4. The van der Waals surface area contributed by atoms with Gasteiger partial charge in [0.15, 0.2) is 0 Å². The van der Waals surface area contributed by atoms with Crippen LogP contribution in [0.2, 0.25) is 0 Å². The third-order valence-electron chi connectivity index (χ3n) is 4.34. The number of esters is 2. The fourth-order valence-electron chi connectivity index (χ4n) is 3.24. The van der Waals surface area contributed by atoms with Crippen LogP contribution in [-0.2, 0) is 19.1 Å². The summed E-state index contributed by atoms with van der Waals surface area (Å²) in [4.78, 5) is 36.4. The van der Waals surface area contributed by atoms with Crippen LogP contribution in [0.4, 0.5) is 5.69 Å². The number of carbonyl (C=O) groups excluding carboxylic acids is 2. The number of ether oxygens (including phenoxy) is 2. The summed E-state index contributed by atoms with van der Waals surface area (Å²) in [6.45, 7) is 5.42. The molecule has 1 aliphatic rings. The van der Waals surface area contributed by atoms with Gasteiger partial charge in [-0.25, -0.2) is 9.59 Å². The highest BCUT2D eigenvalue weighted by Crippen LogP contribution is 2.40. The zero-order chi connectivity index (χ0) is 21.6. The zero-order valence-electron chi connectivity index (χ0n) is 16.8. The predicted molar refractivity (Wildman–Crippen MR) is 110 cm³/mol. The highest BCUT2D eigenvalue weighted by Gasteiger charge is 2.39. The molecule has 0 bridgehead atoms. The van der Waals surface area contributed by atoms with E-state index in [4.69, 9.17) is 9.47 Å². The van der Waals surface area contributed by atoms with E-state index < -0.39 is 22.8 Å². The number of nitro groups is 1. The summed E-state index contributed by atoms with van der Waals surface area (Å²) >= 11 is 1.50.